The van der Waals surface area contributed by atoms with Crippen LogP contribution in [0.15, 0.2) is 36.7 Å². The molecule has 1 heterocycles. The van der Waals surface area contributed by atoms with Gasteiger partial charge >= 0.3 is 0 Å². The lowest BCUT2D eigenvalue weighted by atomic mass is 10.2. The molecule has 21 heavy (non-hydrogen) atoms. The van der Waals surface area contributed by atoms with Gasteiger partial charge in [-0.15, -0.1) is 11.3 Å². The number of aryl methyl sites for hydroxylation is 2. The van der Waals surface area contributed by atoms with Crippen LogP contribution < -0.4 is 0 Å². The van der Waals surface area contributed by atoms with Crippen molar-refractivity contribution < 1.29 is 13.2 Å². The highest BCUT2D eigenvalue weighted by Crippen LogP contribution is 2.32. The van der Waals surface area contributed by atoms with Gasteiger partial charge in [-0.2, -0.15) is 0 Å². The average Bonchev–Trinajstić information content (AvgIpc) is 2.67. The summed E-state index contributed by atoms with van der Waals surface area (Å²) >= 11 is 7.90. The number of thiophene rings is 1. The fourth-order valence-electron chi connectivity index (χ4n) is 2.01. The van der Waals surface area contributed by atoms with Gasteiger partial charge in [-0.25, -0.2) is 8.42 Å². The first-order chi connectivity index (χ1) is 9.70. The maximum atomic E-state index is 12.4. The van der Waals surface area contributed by atoms with Gasteiger partial charge in [0.25, 0.3) is 0 Å². The molecule has 0 spiro atoms. The lowest BCUT2D eigenvalue weighted by Crippen LogP contribution is -2.17. The van der Waals surface area contributed by atoms with Gasteiger partial charge in [-0.05, 0) is 63.4 Å². The Balaban J connectivity index is 2.33. The molecule has 1 aromatic carbocycles. The van der Waals surface area contributed by atoms with E-state index in [2.05, 4.69) is 31.9 Å². The molecule has 1 aromatic heterocycles. The Hall–Kier alpha value is -0.500. The molecule has 0 fully saturated rings. The first kappa shape index (κ1) is 16.9. The van der Waals surface area contributed by atoms with Crippen LogP contribution in [0.5, 0.6) is 0 Å². The molecule has 0 unspecified atom stereocenters. The summed E-state index contributed by atoms with van der Waals surface area (Å²) in [5.41, 5.74) is 2.04. The number of ketones is 1. The minimum Gasteiger partial charge on any atom is -0.293 e. The molecule has 0 saturated carbocycles. The Morgan fingerprint density at radius 3 is 2.38 bits per heavy atom. The molecule has 0 saturated heterocycles. The van der Waals surface area contributed by atoms with E-state index in [1.54, 1.807) is 31.2 Å². The van der Waals surface area contributed by atoms with Crippen LogP contribution in [-0.4, -0.2) is 20.0 Å². The Morgan fingerprint density at radius 2 is 1.86 bits per heavy atom. The molecule has 0 aliphatic heterocycles. The van der Waals surface area contributed by atoms with Gasteiger partial charge in [-0.1, -0.05) is 17.7 Å². The third kappa shape index (κ3) is 3.83. The Bertz CT molecular complexity index is 808. The molecular weight excluding hydrogens is 440 g/mol. The predicted octanol–water partition coefficient (Wildman–Crippen LogP) is 4.55. The van der Waals surface area contributed by atoms with Crippen LogP contribution in [0.25, 0.3) is 0 Å². The highest BCUT2D eigenvalue weighted by atomic mass is 79.9. The van der Waals surface area contributed by atoms with Crippen molar-refractivity contribution in [2.24, 2.45) is 0 Å². The summed E-state index contributed by atoms with van der Waals surface area (Å²) < 4.78 is 26.3. The number of rotatable bonds is 4. The van der Waals surface area contributed by atoms with Gasteiger partial charge in [0.1, 0.15) is 5.75 Å². The molecular formula is C14H12Br2O3S2. The van der Waals surface area contributed by atoms with E-state index in [0.717, 1.165) is 9.35 Å². The molecule has 0 atom stereocenters. The number of Topliss-reactive ketones (excluding diaryl/α,β-unsaturated/α-hetero) is 1. The van der Waals surface area contributed by atoms with Gasteiger partial charge in [-0.3, -0.25) is 4.79 Å². The summed E-state index contributed by atoms with van der Waals surface area (Å²) in [5.74, 6) is -0.942. The van der Waals surface area contributed by atoms with Crippen molar-refractivity contribution in [3.8, 4) is 0 Å². The molecule has 0 bridgehead atoms. The van der Waals surface area contributed by atoms with Crippen molar-refractivity contribution in [1.29, 1.82) is 0 Å². The van der Waals surface area contributed by atoms with Gasteiger partial charge in [0.2, 0.25) is 0 Å². The number of hydrogen-bond donors (Lipinski definition) is 0. The minimum absolute atomic E-state index is 0.215. The summed E-state index contributed by atoms with van der Waals surface area (Å²) in [6.07, 6.45) is 0. The number of hydrogen-bond acceptors (Lipinski definition) is 4. The van der Waals surface area contributed by atoms with Crippen LogP contribution in [0.1, 0.15) is 21.5 Å². The van der Waals surface area contributed by atoms with Crippen LogP contribution in [0.2, 0.25) is 0 Å². The van der Waals surface area contributed by atoms with E-state index >= 15 is 0 Å². The number of carbonyl (C=O) groups excluding carboxylic acids is 1. The van der Waals surface area contributed by atoms with Crippen molar-refractivity contribution in [2.45, 2.75) is 18.7 Å². The van der Waals surface area contributed by atoms with Crippen LogP contribution in [0.3, 0.4) is 0 Å². The largest absolute Gasteiger partial charge is 0.293 e. The van der Waals surface area contributed by atoms with E-state index in [0.29, 0.717) is 14.9 Å². The third-order valence-corrected chi connectivity index (χ3v) is 7.05. The van der Waals surface area contributed by atoms with Crippen LogP contribution in [-0.2, 0) is 9.84 Å². The zero-order chi connectivity index (χ0) is 15.8. The van der Waals surface area contributed by atoms with Crippen molar-refractivity contribution in [3.63, 3.8) is 0 Å². The summed E-state index contributed by atoms with van der Waals surface area (Å²) in [5, 5.41) is 0. The molecule has 3 nitrogen and oxygen atoms in total. The van der Waals surface area contributed by atoms with Gasteiger partial charge < -0.3 is 0 Å². The molecule has 0 amide bonds. The van der Waals surface area contributed by atoms with E-state index in [1.807, 2.05) is 6.92 Å². The Kier molecular flexibility index (Phi) is 5.07. The number of halogens is 2. The lowest BCUT2D eigenvalue weighted by molar-refractivity contribution is 0.102. The summed E-state index contributed by atoms with van der Waals surface area (Å²) in [7, 11) is -3.64. The van der Waals surface area contributed by atoms with Crippen LogP contribution in [0.4, 0.5) is 0 Å². The number of sulfone groups is 1. The number of carbonyl (C=O) groups is 1. The fourth-order valence-corrected chi connectivity index (χ4v) is 6.34. The second kappa shape index (κ2) is 6.32. The Morgan fingerprint density at radius 1 is 1.19 bits per heavy atom. The third-order valence-electron chi connectivity index (χ3n) is 2.94. The standard InChI is InChI=1S/C14H12Br2O3S2/c1-8-3-4-12(9(2)5-8)21(18,19)7-11(17)10-6-13(15)20-14(10)16/h3-6H,7H2,1-2H3. The van der Waals surface area contributed by atoms with E-state index in [1.165, 1.54) is 11.3 Å². The molecule has 7 heteroatoms. The SMILES string of the molecule is Cc1ccc(S(=O)(=O)CC(=O)c2cc(Br)sc2Br)c(C)c1. The van der Waals surface area contributed by atoms with E-state index in [4.69, 9.17) is 0 Å². The maximum absolute atomic E-state index is 12.4. The molecule has 0 radical (unpaired) electrons. The highest BCUT2D eigenvalue weighted by molar-refractivity contribution is 9.12. The van der Waals surface area contributed by atoms with Crippen LogP contribution in [0, 0.1) is 13.8 Å². The maximum Gasteiger partial charge on any atom is 0.186 e. The van der Waals surface area contributed by atoms with Gasteiger partial charge in [0.15, 0.2) is 15.6 Å². The summed E-state index contributed by atoms with van der Waals surface area (Å²) in [6, 6.07) is 6.73. The van der Waals surface area contributed by atoms with Crippen molar-refractivity contribution in [3.05, 3.63) is 48.5 Å². The van der Waals surface area contributed by atoms with Crippen molar-refractivity contribution >= 4 is 58.8 Å². The molecule has 0 aliphatic carbocycles. The topological polar surface area (TPSA) is 51.2 Å². The van der Waals surface area contributed by atoms with Gasteiger partial charge in [0.05, 0.1) is 12.5 Å². The van der Waals surface area contributed by atoms with E-state index < -0.39 is 21.4 Å². The molecule has 112 valence electrons. The highest BCUT2D eigenvalue weighted by Gasteiger charge is 2.24. The molecule has 0 N–H and O–H groups in total. The second-order valence-corrected chi connectivity index (χ2v) is 10.4. The quantitative estimate of drug-likeness (QED) is 0.640. The lowest BCUT2D eigenvalue weighted by Gasteiger charge is -2.08. The molecule has 2 rings (SSSR count). The molecule has 0 aliphatic rings. The van der Waals surface area contributed by atoms with Crippen molar-refractivity contribution in [1.82, 2.24) is 0 Å². The zero-order valence-corrected chi connectivity index (χ0v) is 16.1. The summed E-state index contributed by atoms with van der Waals surface area (Å²) in [4.78, 5) is 12.4. The first-order valence-corrected chi connectivity index (χ1v) is 10.0. The van der Waals surface area contributed by atoms with Crippen molar-refractivity contribution in [2.75, 3.05) is 5.75 Å². The molecule has 2 aromatic rings. The minimum atomic E-state index is -3.64. The predicted molar refractivity (Wildman–Crippen MR) is 92.0 cm³/mol. The van der Waals surface area contributed by atoms with E-state index in [-0.39, 0.29) is 4.90 Å². The monoisotopic (exact) mass is 450 g/mol. The van der Waals surface area contributed by atoms with Gasteiger partial charge in [0, 0.05) is 5.56 Å². The van der Waals surface area contributed by atoms with Crippen LogP contribution >= 0.6 is 43.2 Å². The fraction of sp³-hybridized carbons (Fsp3) is 0.214. The summed E-state index contributed by atoms with van der Waals surface area (Å²) in [6.45, 7) is 3.63. The number of benzene rings is 1. The second-order valence-electron chi connectivity index (χ2n) is 4.69. The zero-order valence-electron chi connectivity index (χ0n) is 11.3. The smallest absolute Gasteiger partial charge is 0.186 e. The first-order valence-electron chi connectivity index (χ1n) is 5.99. The normalized spacial score (nSPS) is 11.6. The van der Waals surface area contributed by atoms with E-state index in [9.17, 15) is 13.2 Å². The Labute approximate surface area is 144 Å². The average molecular weight is 452 g/mol.